The Labute approximate surface area is 157 Å². The van der Waals surface area contributed by atoms with E-state index in [1.165, 1.54) is 17.7 Å². The molecule has 0 bridgehead atoms. The van der Waals surface area contributed by atoms with Crippen LogP contribution in [0.4, 0.5) is 4.39 Å². The number of likely N-dealkylation sites (tertiary alicyclic amines) is 1. The van der Waals surface area contributed by atoms with Crippen LogP contribution < -0.4 is 9.47 Å². The Bertz CT molecular complexity index is 910. The van der Waals surface area contributed by atoms with Crippen LogP contribution >= 0.6 is 0 Å². The second kappa shape index (κ2) is 7.56. The van der Waals surface area contributed by atoms with E-state index in [4.69, 9.17) is 14.0 Å². The van der Waals surface area contributed by atoms with Crippen molar-refractivity contribution in [3.63, 3.8) is 0 Å². The number of ether oxygens (including phenoxy) is 2. The third-order valence-electron chi connectivity index (χ3n) is 5.25. The predicted octanol–water partition coefficient (Wildman–Crippen LogP) is 4.36. The summed E-state index contributed by atoms with van der Waals surface area (Å²) >= 11 is 0. The van der Waals surface area contributed by atoms with Crippen molar-refractivity contribution in [3.8, 4) is 11.5 Å². The van der Waals surface area contributed by atoms with Gasteiger partial charge in [-0.2, -0.15) is 0 Å². The molecule has 27 heavy (non-hydrogen) atoms. The minimum Gasteiger partial charge on any atom is -0.497 e. The molecule has 6 heteroatoms. The highest BCUT2D eigenvalue weighted by atomic mass is 19.1. The molecule has 0 atom stereocenters. The topological polar surface area (TPSA) is 47.7 Å². The third kappa shape index (κ3) is 3.76. The van der Waals surface area contributed by atoms with Crippen LogP contribution in [0.25, 0.3) is 11.0 Å². The van der Waals surface area contributed by atoms with E-state index >= 15 is 0 Å². The van der Waals surface area contributed by atoms with Crippen molar-refractivity contribution in [2.45, 2.75) is 25.3 Å². The fraction of sp³-hybridized carbons (Fsp3) is 0.381. The van der Waals surface area contributed by atoms with Crippen molar-refractivity contribution in [1.29, 1.82) is 0 Å². The normalized spacial score (nSPS) is 16.0. The first kappa shape index (κ1) is 17.8. The standard InChI is InChI=1S/C21H23FN2O3/c1-25-17-9-14(10-18(12-17)26-2)13-24-7-5-15(6-8-24)21-19-4-3-16(22)11-20(19)27-23-21/h3-4,9-12,15H,5-8,13H2,1-2H3. The monoisotopic (exact) mass is 370 g/mol. The van der Waals surface area contributed by atoms with Crippen LogP contribution in [0.1, 0.15) is 30.0 Å². The summed E-state index contributed by atoms with van der Waals surface area (Å²) in [5.41, 5.74) is 2.65. The fourth-order valence-electron chi connectivity index (χ4n) is 3.81. The molecule has 2 heterocycles. The maximum Gasteiger partial charge on any atom is 0.170 e. The van der Waals surface area contributed by atoms with Crippen molar-refractivity contribution in [2.24, 2.45) is 0 Å². The van der Waals surface area contributed by atoms with Gasteiger partial charge in [-0.1, -0.05) is 5.16 Å². The summed E-state index contributed by atoms with van der Waals surface area (Å²) in [6, 6.07) is 10.6. The molecule has 3 aromatic rings. The van der Waals surface area contributed by atoms with Crippen molar-refractivity contribution >= 4 is 11.0 Å². The second-order valence-corrected chi connectivity index (χ2v) is 6.98. The Morgan fingerprint density at radius 2 is 1.78 bits per heavy atom. The first-order valence-corrected chi connectivity index (χ1v) is 9.15. The highest BCUT2D eigenvalue weighted by molar-refractivity contribution is 5.79. The number of hydrogen-bond donors (Lipinski definition) is 0. The molecular formula is C21H23FN2O3. The number of hydrogen-bond acceptors (Lipinski definition) is 5. The number of fused-ring (bicyclic) bond motifs is 1. The summed E-state index contributed by atoms with van der Waals surface area (Å²) in [5, 5.41) is 5.14. The number of aromatic nitrogens is 1. The molecule has 0 aliphatic carbocycles. The largest absolute Gasteiger partial charge is 0.497 e. The van der Waals surface area contributed by atoms with Crippen LogP contribution in [0.15, 0.2) is 40.9 Å². The number of methoxy groups -OCH3 is 2. The highest BCUT2D eigenvalue weighted by Gasteiger charge is 2.25. The SMILES string of the molecule is COc1cc(CN2CCC(c3noc4cc(F)ccc34)CC2)cc(OC)c1. The summed E-state index contributed by atoms with van der Waals surface area (Å²) in [5.74, 6) is 1.66. The maximum atomic E-state index is 13.3. The predicted molar refractivity (Wildman–Crippen MR) is 101 cm³/mol. The van der Waals surface area contributed by atoms with Gasteiger partial charge in [-0.25, -0.2) is 4.39 Å². The molecular weight excluding hydrogens is 347 g/mol. The van der Waals surface area contributed by atoms with Gasteiger partial charge in [-0.15, -0.1) is 0 Å². The van der Waals surface area contributed by atoms with E-state index in [-0.39, 0.29) is 5.82 Å². The zero-order valence-electron chi connectivity index (χ0n) is 15.6. The van der Waals surface area contributed by atoms with E-state index in [0.717, 1.165) is 55.1 Å². The van der Waals surface area contributed by atoms with E-state index in [1.54, 1.807) is 20.3 Å². The number of halogens is 1. The van der Waals surface area contributed by atoms with E-state index in [1.807, 2.05) is 18.2 Å². The highest BCUT2D eigenvalue weighted by Crippen LogP contribution is 2.33. The van der Waals surface area contributed by atoms with Crippen LogP contribution in [-0.4, -0.2) is 37.4 Å². The lowest BCUT2D eigenvalue weighted by atomic mass is 9.91. The molecule has 0 saturated carbocycles. The molecule has 0 N–H and O–H groups in total. The van der Waals surface area contributed by atoms with Gasteiger partial charge < -0.3 is 14.0 Å². The van der Waals surface area contributed by atoms with Gasteiger partial charge in [0.05, 0.1) is 19.9 Å². The summed E-state index contributed by atoms with van der Waals surface area (Å²) in [4.78, 5) is 2.42. The Morgan fingerprint density at radius 1 is 1.07 bits per heavy atom. The van der Waals surface area contributed by atoms with Crippen LogP contribution in [0, 0.1) is 5.82 Å². The molecule has 4 rings (SSSR count). The first-order valence-electron chi connectivity index (χ1n) is 9.15. The van der Waals surface area contributed by atoms with E-state index in [9.17, 15) is 4.39 Å². The summed E-state index contributed by atoms with van der Waals surface area (Å²) < 4.78 is 29.4. The van der Waals surface area contributed by atoms with Gasteiger partial charge in [-0.3, -0.25) is 4.90 Å². The van der Waals surface area contributed by atoms with Gasteiger partial charge in [0.25, 0.3) is 0 Å². The third-order valence-corrected chi connectivity index (χ3v) is 5.25. The fourth-order valence-corrected chi connectivity index (χ4v) is 3.81. The van der Waals surface area contributed by atoms with Crippen molar-refractivity contribution < 1.29 is 18.4 Å². The summed E-state index contributed by atoms with van der Waals surface area (Å²) in [6.07, 6.45) is 2.00. The molecule has 5 nitrogen and oxygen atoms in total. The van der Waals surface area contributed by atoms with E-state index in [0.29, 0.717) is 11.5 Å². The summed E-state index contributed by atoms with van der Waals surface area (Å²) in [6.45, 7) is 2.80. The van der Waals surface area contributed by atoms with Crippen molar-refractivity contribution in [1.82, 2.24) is 10.1 Å². The van der Waals surface area contributed by atoms with Crippen molar-refractivity contribution in [3.05, 3.63) is 53.5 Å². The number of piperidine rings is 1. The van der Waals surface area contributed by atoms with E-state index < -0.39 is 0 Å². The van der Waals surface area contributed by atoms with Gasteiger partial charge in [0, 0.05) is 30.0 Å². The quantitative estimate of drug-likeness (QED) is 0.668. The minimum absolute atomic E-state index is 0.297. The van der Waals surface area contributed by atoms with Gasteiger partial charge >= 0.3 is 0 Å². The zero-order chi connectivity index (χ0) is 18.8. The molecule has 142 valence electrons. The molecule has 2 aromatic carbocycles. The van der Waals surface area contributed by atoms with Crippen LogP contribution in [-0.2, 0) is 6.54 Å². The zero-order valence-corrected chi connectivity index (χ0v) is 15.6. The molecule has 1 saturated heterocycles. The Balaban J connectivity index is 1.43. The smallest absolute Gasteiger partial charge is 0.170 e. The van der Waals surface area contributed by atoms with Gasteiger partial charge in [-0.05, 0) is 55.8 Å². The Kier molecular flexibility index (Phi) is 4.99. The molecule has 0 radical (unpaired) electrons. The average Bonchev–Trinajstić information content (AvgIpc) is 3.11. The van der Waals surface area contributed by atoms with Gasteiger partial charge in [0.15, 0.2) is 5.58 Å². The molecule has 1 aromatic heterocycles. The minimum atomic E-state index is -0.297. The molecule has 1 fully saturated rings. The second-order valence-electron chi connectivity index (χ2n) is 6.98. The van der Waals surface area contributed by atoms with Crippen LogP contribution in [0.3, 0.4) is 0 Å². The number of nitrogens with zero attached hydrogens (tertiary/aromatic N) is 2. The van der Waals surface area contributed by atoms with Gasteiger partial charge in [0.2, 0.25) is 0 Å². The lowest BCUT2D eigenvalue weighted by Crippen LogP contribution is -2.32. The van der Waals surface area contributed by atoms with Crippen LogP contribution in [0.5, 0.6) is 11.5 Å². The lowest BCUT2D eigenvalue weighted by Gasteiger charge is -2.31. The molecule has 0 amide bonds. The summed E-state index contributed by atoms with van der Waals surface area (Å²) in [7, 11) is 3.33. The molecule has 0 unspecified atom stereocenters. The average molecular weight is 370 g/mol. The van der Waals surface area contributed by atoms with E-state index in [2.05, 4.69) is 10.1 Å². The van der Waals surface area contributed by atoms with Crippen molar-refractivity contribution in [2.75, 3.05) is 27.3 Å². The Hall–Kier alpha value is -2.60. The number of rotatable bonds is 5. The van der Waals surface area contributed by atoms with Crippen LogP contribution in [0.2, 0.25) is 0 Å². The first-order chi connectivity index (χ1) is 13.2. The molecule has 1 aliphatic rings. The maximum absolute atomic E-state index is 13.3. The van der Waals surface area contributed by atoms with Gasteiger partial charge in [0.1, 0.15) is 17.3 Å². The molecule has 1 aliphatic heterocycles. The molecule has 0 spiro atoms. The lowest BCUT2D eigenvalue weighted by molar-refractivity contribution is 0.201. The number of benzene rings is 2. The Morgan fingerprint density at radius 3 is 2.44 bits per heavy atom.